The number of allylic oxidation sites excluding steroid dienone is 2. The van der Waals surface area contributed by atoms with Crippen LogP contribution in [0.15, 0.2) is 11.6 Å². The van der Waals surface area contributed by atoms with Gasteiger partial charge in [-0.1, -0.05) is 11.6 Å². The Labute approximate surface area is 96.0 Å². The van der Waals surface area contributed by atoms with Gasteiger partial charge in [-0.25, -0.2) is 0 Å². The number of rotatable bonds is 2. The Balaban J connectivity index is 2.63. The zero-order valence-corrected chi connectivity index (χ0v) is 12.0. The standard InChI is InChI=1S/C13H26OSi/c1-12-8-6-7-10-13(2,11-9-12)14-15(3,4)5/h8H,6-7,9-11H2,1-5H3/b12-8-. The molecule has 0 bridgehead atoms. The highest BCUT2D eigenvalue weighted by Crippen LogP contribution is 2.31. The molecular weight excluding hydrogens is 200 g/mol. The Kier molecular flexibility index (Phi) is 4.18. The number of hydrogen-bond acceptors (Lipinski definition) is 1. The maximum absolute atomic E-state index is 6.36. The second-order valence-electron chi connectivity index (χ2n) is 6.11. The molecule has 0 aliphatic heterocycles. The molecule has 1 aliphatic carbocycles. The van der Waals surface area contributed by atoms with Crippen molar-refractivity contribution in [3.8, 4) is 0 Å². The van der Waals surface area contributed by atoms with Crippen molar-refractivity contribution in [3.05, 3.63) is 11.6 Å². The van der Waals surface area contributed by atoms with E-state index in [0.29, 0.717) is 0 Å². The van der Waals surface area contributed by atoms with Gasteiger partial charge in [-0.3, -0.25) is 0 Å². The van der Waals surface area contributed by atoms with Crippen LogP contribution in [0.25, 0.3) is 0 Å². The first-order valence-electron chi connectivity index (χ1n) is 6.17. The molecular formula is C13H26OSi. The van der Waals surface area contributed by atoms with Gasteiger partial charge in [-0.05, 0) is 65.6 Å². The molecule has 88 valence electrons. The molecule has 0 amide bonds. The average Bonchev–Trinajstić information content (AvgIpc) is 2.04. The highest BCUT2D eigenvalue weighted by Gasteiger charge is 2.31. The molecule has 0 saturated carbocycles. The minimum atomic E-state index is -1.40. The molecule has 0 aromatic heterocycles. The normalized spacial score (nSPS) is 32.7. The van der Waals surface area contributed by atoms with E-state index in [-0.39, 0.29) is 5.60 Å². The summed E-state index contributed by atoms with van der Waals surface area (Å²) in [5.41, 5.74) is 1.68. The van der Waals surface area contributed by atoms with Crippen molar-refractivity contribution >= 4 is 8.32 Å². The van der Waals surface area contributed by atoms with Crippen LogP contribution < -0.4 is 0 Å². The van der Waals surface area contributed by atoms with Crippen molar-refractivity contribution in [2.24, 2.45) is 0 Å². The Bertz CT molecular complexity index is 239. The van der Waals surface area contributed by atoms with E-state index in [2.05, 4.69) is 39.6 Å². The van der Waals surface area contributed by atoms with Gasteiger partial charge in [0, 0.05) is 0 Å². The lowest BCUT2D eigenvalue weighted by Crippen LogP contribution is -2.40. The van der Waals surface area contributed by atoms with E-state index in [1.165, 1.54) is 32.1 Å². The first kappa shape index (κ1) is 13.0. The van der Waals surface area contributed by atoms with Crippen LogP contribution in [0.1, 0.15) is 46.0 Å². The van der Waals surface area contributed by atoms with E-state index < -0.39 is 8.32 Å². The molecule has 0 radical (unpaired) electrons. The monoisotopic (exact) mass is 226 g/mol. The fourth-order valence-corrected chi connectivity index (χ4v) is 4.04. The van der Waals surface area contributed by atoms with Gasteiger partial charge < -0.3 is 4.43 Å². The van der Waals surface area contributed by atoms with Crippen LogP contribution in [0.5, 0.6) is 0 Å². The Morgan fingerprint density at radius 3 is 2.53 bits per heavy atom. The van der Waals surface area contributed by atoms with Crippen molar-refractivity contribution < 1.29 is 4.43 Å². The van der Waals surface area contributed by atoms with Crippen LogP contribution in [-0.4, -0.2) is 13.9 Å². The largest absolute Gasteiger partial charge is 0.412 e. The van der Waals surface area contributed by atoms with Crippen LogP contribution in [0.3, 0.4) is 0 Å². The van der Waals surface area contributed by atoms with Crippen LogP contribution in [0, 0.1) is 0 Å². The molecule has 1 rings (SSSR count). The molecule has 0 saturated heterocycles. The summed E-state index contributed by atoms with van der Waals surface area (Å²) < 4.78 is 6.36. The SMILES string of the molecule is C/C1=C/CCCC(C)(O[Si](C)(C)C)CC1. The maximum atomic E-state index is 6.36. The summed E-state index contributed by atoms with van der Waals surface area (Å²) in [5, 5.41) is 0. The van der Waals surface area contributed by atoms with Crippen LogP contribution in [-0.2, 0) is 4.43 Å². The van der Waals surface area contributed by atoms with Crippen molar-refractivity contribution in [2.75, 3.05) is 0 Å². The molecule has 0 aromatic rings. The zero-order chi connectivity index (χ0) is 11.5. The van der Waals surface area contributed by atoms with Gasteiger partial charge >= 0.3 is 0 Å². The molecule has 15 heavy (non-hydrogen) atoms. The van der Waals surface area contributed by atoms with E-state index in [4.69, 9.17) is 4.43 Å². The smallest absolute Gasteiger partial charge is 0.184 e. The first-order chi connectivity index (χ1) is 6.81. The maximum Gasteiger partial charge on any atom is 0.184 e. The van der Waals surface area contributed by atoms with E-state index >= 15 is 0 Å². The van der Waals surface area contributed by atoms with Crippen LogP contribution >= 0.6 is 0 Å². The van der Waals surface area contributed by atoms with E-state index in [0.717, 1.165) is 0 Å². The highest BCUT2D eigenvalue weighted by atomic mass is 28.4. The number of hydrogen-bond donors (Lipinski definition) is 0. The quantitative estimate of drug-likeness (QED) is 0.497. The first-order valence-corrected chi connectivity index (χ1v) is 9.57. The Morgan fingerprint density at radius 1 is 1.27 bits per heavy atom. The molecule has 0 N–H and O–H groups in total. The van der Waals surface area contributed by atoms with Gasteiger partial charge in [0.05, 0.1) is 5.60 Å². The topological polar surface area (TPSA) is 9.23 Å². The van der Waals surface area contributed by atoms with Gasteiger partial charge in [0.2, 0.25) is 0 Å². The average molecular weight is 226 g/mol. The fraction of sp³-hybridized carbons (Fsp3) is 0.846. The van der Waals surface area contributed by atoms with Gasteiger partial charge in [0.1, 0.15) is 0 Å². The minimum absolute atomic E-state index is 0.139. The Morgan fingerprint density at radius 2 is 1.93 bits per heavy atom. The molecule has 1 unspecified atom stereocenters. The molecule has 0 heterocycles. The predicted octanol–water partition coefficient (Wildman–Crippen LogP) is 4.51. The molecule has 2 heteroatoms. The third-order valence-electron chi connectivity index (χ3n) is 3.00. The highest BCUT2D eigenvalue weighted by molar-refractivity contribution is 6.69. The lowest BCUT2D eigenvalue weighted by atomic mass is 9.89. The lowest BCUT2D eigenvalue weighted by Gasteiger charge is -2.37. The molecule has 1 atom stereocenters. The Hall–Kier alpha value is -0.0831. The van der Waals surface area contributed by atoms with Crippen LogP contribution in [0.4, 0.5) is 0 Å². The second kappa shape index (κ2) is 4.83. The lowest BCUT2D eigenvalue weighted by molar-refractivity contribution is 0.0588. The molecule has 0 fully saturated rings. The third-order valence-corrected chi connectivity index (χ3v) is 4.11. The minimum Gasteiger partial charge on any atom is -0.412 e. The molecule has 1 aliphatic rings. The summed E-state index contributed by atoms with van der Waals surface area (Å²) in [6, 6.07) is 0. The summed E-state index contributed by atoms with van der Waals surface area (Å²) in [5.74, 6) is 0. The van der Waals surface area contributed by atoms with E-state index in [9.17, 15) is 0 Å². The van der Waals surface area contributed by atoms with E-state index in [1.54, 1.807) is 5.57 Å². The molecule has 1 nitrogen and oxygen atoms in total. The molecule has 0 aromatic carbocycles. The van der Waals surface area contributed by atoms with E-state index in [1.807, 2.05) is 0 Å². The van der Waals surface area contributed by atoms with Crippen LogP contribution in [0.2, 0.25) is 19.6 Å². The third kappa shape index (κ3) is 4.98. The van der Waals surface area contributed by atoms with Crippen molar-refractivity contribution in [1.29, 1.82) is 0 Å². The van der Waals surface area contributed by atoms with Crippen molar-refractivity contribution in [1.82, 2.24) is 0 Å². The second-order valence-corrected chi connectivity index (χ2v) is 10.5. The summed E-state index contributed by atoms with van der Waals surface area (Å²) in [6.45, 7) is 11.4. The van der Waals surface area contributed by atoms with Crippen molar-refractivity contribution in [2.45, 2.75) is 71.2 Å². The van der Waals surface area contributed by atoms with Gasteiger partial charge in [0.25, 0.3) is 0 Å². The fourth-order valence-electron chi connectivity index (χ4n) is 2.35. The van der Waals surface area contributed by atoms with Gasteiger partial charge in [-0.15, -0.1) is 0 Å². The molecule has 0 spiro atoms. The summed E-state index contributed by atoms with van der Waals surface area (Å²) >= 11 is 0. The van der Waals surface area contributed by atoms with Crippen molar-refractivity contribution in [3.63, 3.8) is 0 Å². The van der Waals surface area contributed by atoms with Gasteiger partial charge in [-0.2, -0.15) is 0 Å². The summed E-state index contributed by atoms with van der Waals surface area (Å²) in [4.78, 5) is 0. The predicted molar refractivity (Wildman–Crippen MR) is 69.7 cm³/mol. The zero-order valence-electron chi connectivity index (χ0n) is 11.0. The summed E-state index contributed by atoms with van der Waals surface area (Å²) in [7, 11) is -1.40. The van der Waals surface area contributed by atoms with Gasteiger partial charge in [0.15, 0.2) is 8.32 Å². The summed E-state index contributed by atoms with van der Waals surface area (Å²) in [6.07, 6.45) is 8.53.